The second kappa shape index (κ2) is 10.5. The first-order chi connectivity index (χ1) is 10.1. The maximum absolute atomic E-state index is 9.79. The zero-order valence-corrected chi connectivity index (χ0v) is 13.4. The number of ether oxygens (including phenoxy) is 2. The SMILES string of the molecule is CCCCCCCCCCO[C@@H]1O[C@H](C)[C@H](O)[C@H](O)[C@@H]1O. The molecule has 5 heteroatoms. The molecule has 0 saturated carbocycles. The van der Waals surface area contributed by atoms with Crippen LogP contribution in [0.3, 0.4) is 0 Å². The molecule has 5 atom stereocenters. The Morgan fingerprint density at radius 3 is 2.00 bits per heavy atom. The molecule has 5 nitrogen and oxygen atoms in total. The smallest absolute Gasteiger partial charge is 0.186 e. The number of hydrogen-bond donors (Lipinski definition) is 3. The molecule has 3 N–H and O–H groups in total. The summed E-state index contributed by atoms with van der Waals surface area (Å²) in [4.78, 5) is 0. The maximum atomic E-state index is 9.79. The summed E-state index contributed by atoms with van der Waals surface area (Å²) in [7, 11) is 0. The summed E-state index contributed by atoms with van der Waals surface area (Å²) in [6.45, 7) is 4.38. The van der Waals surface area contributed by atoms with Crippen molar-refractivity contribution in [1.29, 1.82) is 0 Å². The van der Waals surface area contributed by atoms with Crippen LogP contribution >= 0.6 is 0 Å². The van der Waals surface area contributed by atoms with Gasteiger partial charge in [0.15, 0.2) is 6.29 Å². The minimum atomic E-state index is -1.21. The molecular formula is C16H32O5. The van der Waals surface area contributed by atoms with Crippen molar-refractivity contribution >= 4 is 0 Å². The lowest BCUT2D eigenvalue weighted by Gasteiger charge is -2.38. The average Bonchev–Trinajstić information content (AvgIpc) is 2.48. The van der Waals surface area contributed by atoms with Crippen LogP contribution in [0, 0.1) is 0 Å². The van der Waals surface area contributed by atoms with Crippen molar-refractivity contribution in [2.45, 2.75) is 95.9 Å². The molecule has 1 rings (SSSR count). The van der Waals surface area contributed by atoms with Crippen LogP contribution in [0.2, 0.25) is 0 Å². The van der Waals surface area contributed by atoms with Crippen LogP contribution in [0.5, 0.6) is 0 Å². The van der Waals surface area contributed by atoms with Gasteiger partial charge in [0, 0.05) is 6.61 Å². The Bertz CT molecular complexity index is 261. The minimum Gasteiger partial charge on any atom is -0.388 e. The van der Waals surface area contributed by atoms with Gasteiger partial charge in [-0.1, -0.05) is 51.9 Å². The van der Waals surface area contributed by atoms with E-state index in [1.54, 1.807) is 6.92 Å². The van der Waals surface area contributed by atoms with Crippen molar-refractivity contribution in [3.63, 3.8) is 0 Å². The van der Waals surface area contributed by atoms with Crippen LogP contribution in [0.4, 0.5) is 0 Å². The molecule has 1 saturated heterocycles. The highest BCUT2D eigenvalue weighted by Gasteiger charge is 2.42. The molecule has 0 spiro atoms. The second-order valence-corrected chi connectivity index (χ2v) is 6.03. The van der Waals surface area contributed by atoms with Gasteiger partial charge in [-0.15, -0.1) is 0 Å². The zero-order chi connectivity index (χ0) is 15.7. The van der Waals surface area contributed by atoms with Crippen LogP contribution in [0.1, 0.15) is 65.2 Å². The highest BCUT2D eigenvalue weighted by atomic mass is 16.7. The van der Waals surface area contributed by atoms with Crippen LogP contribution < -0.4 is 0 Å². The molecule has 1 aliphatic rings. The van der Waals surface area contributed by atoms with E-state index in [9.17, 15) is 15.3 Å². The zero-order valence-electron chi connectivity index (χ0n) is 13.4. The molecule has 1 heterocycles. The quantitative estimate of drug-likeness (QED) is 0.538. The van der Waals surface area contributed by atoms with Crippen molar-refractivity contribution < 1.29 is 24.8 Å². The number of hydrogen-bond acceptors (Lipinski definition) is 5. The Hall–Kier alpha value is -0.200. The maximum Gasteiger partial charge on any atom is 0.186 e. The van der Waals surface area contributed by atoms with Crippen molar-refractivity contribution in [2.24, 2.45) is 0 Å². The average molecular weight is 304 g/mol. The van der Waals surface area contributed by atoms with Gasteiger partial charge in [0.1, 0.15) is 18.3 Å². The van der Waals surface area contributed by atoms with E-state index in [4.69, 9.17) is 9.47 Å². The molecule has 0 aromatic carbocycles. The van der Waals surface area contributed by atoms with Gasteiger partial charge >= 0.3 is 0 Å². The fourth-order valence-corrected chi connectivity index (χ4v) is 2.59. The lowest BCUT2D eigenvalue weighted by molar-refractivity contribution is -0.293. The van der Waals surface area contributed by atoms with Crippen LogP contribution in [0.25, 0.3) is 0 Å². The largest absolute Gasteiger partial charge is 0.388 e. The van der Waals surface area contributed by atoms with Gasteiger partial charge in [-0.25, -0.2) is 0 Å². The fourth-order valence-electron chi connectivity index (χ4n) is 2.59. The molecule has 0 amide bonds. The Balaban J connectivity index is 2.04. The van der Waals surface area contributed by atoms with Crippen molar-refractivity contribution in [1.82, 2.24) is 0 Å². The highest BCUT2D eigenvalue weighted by Crippen LogP contribution is 2.22. The van der Waals surface area contributed by atoms with Crippen molar-refractivity contribution in [3.05, 3.63) is 0 Å². The normalized spacial score (nSPS) is 33.3. The number of aliphatic hydroxyl groups is 3. The van der Waals surface area contributed by atoms with Gasteiger partial charge < -0.3 is 24.8 Å². The number of unbranched alkanes of at least 4 members (excludes halogenated alkanes) is 7. The molecule has 21 heavy (non-hydrogen) atoms. The molecule has 0 radical (unpaired) electrons. The highest BCUT2D eigenvalue weighted by molar-refractivity contribution is 4.87. The first-order valence-electron chi connectivity index (χ1n) is 8.39. The number of aliphatic hydroxyl groups excluding tert-OH is 3. The lowest BCUT2D eigenvalue weighted by atomic mass is 10.00. The molecule has 1 aliphatic heterocycles. The van der Waals surface area contributed by atoms with Gasteiger partial charge in [0.05, 0.1) is 6.10 Å². The molecular weight excluding hydrogens is 272 g/mol. The van der Waals surface area contributed by atoms with E-state index in [1.165, 1.54) is 38.5 Å². The van der Waals surface area contributed by atoms with E-state index in [-0.39, 0.29) is 0 Å². The molecule has 1 fully saturated rings. The molecule has 0 bridgehead atoms. The van der Waals surface area contributed by atoms with E-state index >= 15 is 0 Å². The van der Waals surface area contributed by atoms with Gasteiger partial charge in [0.2, 0.25) is 0 Å². The third kappa shape index (κ3) is 6.61. The standard InChI is InChI=1S/C16H32O5/c1-3-4-5-6-7-8-9-10-11-20-16-15(19)14(18)13(17)12(2)21-16/h12-19H,3-11H2,1-2H3/t12-,13+,14+,15+,16-/m1/s1. The summed E-state index contributed by atoms with van der Waals surface area (Å²) in [5.74, 6) is 0. The molecule has 0 unspecified atom stereocenters. The van der Waals surface area contributed by atoms with E-state index in [0.29, 0.717) is 6.61 Å². The predicted molar refractivity (Wildman–Crippen MR) is 80.9 cm³/mol. The Labute approximate surface area is 128 Å². The van der Waals surface area contributed by atoms with Crippen LogP contribution in [0.15, 0.2) is 0 Å². The molecule has 0 aliphatic carbocycles. The van der Waals surface area contributed by atoms with Crippen molar-refractivity contribution in [2.75, 3.05) is 6.61 Å². The first kappa shape index (κ1) is 18.8. The van der Waals surface area contributed by atoms with Gasteiger partial charge in [-0.2, -0.15) is 0 Å². The first-order valence-corrected chi connectivity index (χ1v) is 8.39. The molecule has 126 valence electrons. The van der Waals surface area contributed by atoms with Gasteiger partial charge in [-0.3, -0.25) is 0 Å². The summed E-state index contributed by atoms with van der Waals surface area (Å²) in [6.07, 6.45) is 4.89. The Morgan fingerprint density at radius 2 is 1.38 bits per heavy atom. The van der Waals surface area contributed by atoms with E-state index < -0.39 is 30.7 Å². The van der Waals surface area contributed by atoms with Crippen LogP contribution in [-0.2, 0) is 9.47 Å². The van der Waals surface area contributed by atoms with Crippen LogP contribution in [-0.4, -0.2) is 52.6 Å². The summed E-state index contributed by atoms with van der Waals surface area (Å²) in [5, 5.41) is 29.0. The Kier molecular flexibility index (Phi) is 9.44. The van der Waals surface area contributed by atoms with Gasteiger partial charge in [-0.05, 0) is 13.3 Å². The summed E-state index contributed by atoms with van der Waals surface area (Å²) in [5.41, 5.74) is 0. The fraction of sp³-hybridized carbons (Fsp3) is 1.00. The predicted octanol–water partition coefficient (Wildman–Crippen LogP) is 1.97. The Morgan fingerprint density at radius 1 is 0.810 bits per heavy atom. The minimum absolute atomic E-state index is 0.506. The topological polar surface area (TPSA) is 79.2 Å². The summed E-state index contributed by atoms with van der Waals surface area (Å²) < 4.78 is 10.9. The summed E-state index contributed by atoms with van der Waals surface area (Å²) in [6, 6.07) is 0. The summed E-state index contributed by atoms with van der Waals surface area (Å²) >= 11 is 0. The molecule has 0 aromatic rings. The van der Waals surface area contributed by atoms with E-state index in [2.05, 4.69) is 6.92 Å². The van der Waals surface area contributed by atoms with Gasteiger partial charge in [0.25, 0.3) is 0 Å². The monoisotopic (exact) mass is 304 g/mol. The second-order valence-electron chi connectivity index (χ2n) is 6.03. The number of rotatable bonds is 10. The molecule has 0 aromatic heterocycles. The van der Waals surface area contributed by atoms with E-state index in [0.717, 1.165) is 12.8 Å². The van der Waals surface area contributed by atoms with Crippen molar-refractivity contribution in [3.8, 4) is 0 Å². The third-order valence-corrected chi connectivity index (χ3v) is 4.09. The van der Waals surface area contributed by atoms with E-state index in [1.807, 2.05) is 0 Å². The lowest BCUT2D eigenvalue weighted by Crippen LogP contribution is -2.57. The third-order valence-electron chi connectivity index (χ3n) is 4.09.